The van der Waals surface area contributed by atoms with Crippen LogP contribution in [0, 0.1) is 19.8 Å². The number of carbonyl (C=O) groups excluding carboxylic acids is 1. The number of carbonyl (C=O) groups is 1. The minimum absolute atomic E-state index is 0.00630. The Morgan fingerprint density at radius 2 is 2.11 bits per heavy atom. The number of hydrogen-bond donors (Lipinski definition) is 2. The van der Waals surface area contributed by atoms with E-state index in [2.05, 4.69) is 5.32 Å². The normalized spacial score (nSPS) is 11.9. The molecule has 3 nitrogen and oxygen atoms in total. The van der Waals surface area contributed by atoms with Crippen LogP contribution in [0.1, 0.15) is 23.6 Å². The Morgan fingerprint density at radius 1 is 1.44 bits per heavy atom. The van der Waals surface area contributed by atoms with Gasteiger partial charge < -0.3 is 11.1 Å². The standard InChI is InChI=1S/C14H20N2OS/c1-9-4-5-10(2)12(6-9)7-13(17)16-8-11(3)14(15)18/h4-6,11H,7-8H2,1-3H3,(H2,15,18)(H,16,17). The molecule has 0 saturated carbocycles. The number of nitrogens with one attached hydrogen (secondary N) is 1. The summed E-state index contributed by atoms with van der Waals surface area (Å²) in [6.45, 7) is 6.44. The minimum Gasteiger partial charge on any atom is -0.393 e. The van der Waals surface area contributed by atoms with Crippen LogP contribution >= 0.6 is 12.2 Å². The largest absolute Gasteiger partial charge is 0.393 e. The lowest BCUT2D eigenvalue weighted by molar-refractivity contribution is -0.120. The predicted octanol–water partition coefficient (Wildman–Crippen LogP) is 1.88. The number of amides is 1. The summed E-state index contributed by atoms with van der Waals surface area (Å²) in [6, 6.07) is 6.13. The van der Waals surface area contributed by atoms with Crippen LogP contribution in [0.3, 0.4) is 0 Å². The van der Waals surface area contributed by atoms with Crippen molar-refractivity contribution in [1.29, 1.82) is 0 Å². The molecule has 0 fully saturated rings. The number of benzene rings is 1. The van der Waals surface area contributed by atoms with Gasteiger partial charge in [0.25, 0.3) is 0 Å². The van der Waals surface area contributed by atoms with Crippen molar-refractivity contribution < 1.29 is 4.79 Å². The molecule has 0 aliphatic rings. The highest BCUT2D eigenvalue weighted by Crippen LogP contribution is 2.11. The van der Waals surface area contributed by atoms with E-state index in [0.717, 1.165) is 11.1 Å². The van der Waals surface area contributed by atoms with Gasteiger partial charge in [-0.1, -0.05) is 42.9 Å². The third kappa shape index (κ3) is 4.45. The Morgan fingerprint density at radius 3 is 2.72 bits per heavy atom. The van der Waals surface area contributed by atoms with E-state index < -0.39 is 0 Å². The summed E-state index contributed by atoms with van der Waals surface area (Å²) in [6.07, 6.45) is 0.400. The van der Waals surface area contributed by atoms with Crippen LogP contribution in [0.2, 0.25) is 0 Å². The van der Waals surface area contributed by atoms with Gasteiger partial charge in [0.2, 0.25) is 5.91 Å². The average molecular weight is 264 g/mol. The summed E-state index contributed by atoms with van der Waals surface area (Å²) in [4.78, 5) is 12.2. The van der Waals surface area contributed by atoms with Crippen LogP contribution in [0.25, 0.3) is 0 Å². The lowest BCUT2D eigenvalue weighted by atomic mass is 10.0. The average Bonchev–Trinajstić information content (AvgIpc) is 2.30. The monoisotopic (exact) mass is 264 g/mol. The van der Waals surface area contributed by atoms with Crippen LogP contribution in [0.15, 0.2) is 18.2 Å². The molecule has 3 N–H and O–H groups in total. The Labute approximate surface area is 114 Å². The van der Waals surface area contributed by atoms with Gasteiger partial charge in [0.05, 0.1) is 11.4 Å². The molecule has 0 aliphatic carbocycles. The smallest absolute Gasteiger partial charge is 0.224 e. The van der Waals surface area contributed by atoms with Crippen LogP contribution in [-0.4, -0.2) is 17.4 Å². The first-order valence-corrected chi connectivity index (χ1v) is 6.43. The Kier molecular flexibility index (Phi) is 5.28. The van der Waals surface area contributed by atoms with Gasteiger partial charge in [-0.2, -0.15) is 0 Å². The first-order valence-electron chi connectivity index (χ1n) is 6.02. The maximum absolute atomic E-state index is 11.8. The van der Waals surface area contributed by atoms with Gasteiger partial charge in [-0.05, 0) is 25.0 Å². The SMILES string of the molecule is Cc1ccc(C)c(CC(=O)NCC(C)C(N)=S)c1. The van der Waals surface area contributed by atoms with Crippen molar-refractivity contribution in [1.82, 2.24) is 5.32 Å². The highest BCUT2D eigenvalue weighted by atomic mass is 32.1. The molecule has 4 heteroatoms. The lowest BCUT2D eigenvalue weighted by Gasteiger charge is -2.12. The molecule has 0 aliphatic heterocycles. The van der Waals surface area contributed by atoms with Crippen molar-refractivity contribution in [3.8, 4) is 0 Å². The first-order chi connectivity index (χ1) is 8.40. The summed E-state index contributed by atoms with van der Waals surface area (Å²) in [5.74, 6) is 0.0364. The van der Waals surface area contributed by atoms with E-state index in [1.807, 2.05) is 39.0 Å². The maximum atomic E-state index is 11.8. The molecule has 18 heavy (non-hydrogen) atoms. The van der Waals surface area contributed by atoms with Gasteiger partial charge in [-0.25, -0.2) is 0 Å². The second-order valence-electron chi connectivity index (χ2n) is 4.71. The molecule has 1 aromatic carbocycles. The molecule has 1 amide bonds. The van der Waals surface area contributed by atoms with Crippen molar-refractivity contribution in [2.24, 2.45) is 11.7 Å². The predicted molar refractivity (Wildman–Crippen MR) is 78.6 cm³/mol. The molecule has 0 aromatic heterocycles. The molecule has 1 unspecified atom stereocenters. The third-order valence-corrected chi connectivity index (χ3v) is 3.35. The van der Waals surface area contributed by atoms with Gasteiger partial charge in [0, 0.05) is 12.5 Å². The van der Waals surface area contributed by atoms with E-state index in [9.17, 15) is 4.79 Å². The Bertz CT molecular complexity index is 457. The quantitative estimate of drug-likeness (QED) is 0.798. The van der Waals surface area contributed by atoms with E-state index in [-0.39, 0.29) is 11.8 Å². The highest BCUT2D eigenvalue weighted by Gasteiger charge is 2.09. The van der Waals surface area contributed by atoms with Crippen LogP contribution < -0.4 is 11.1 Å². The number of aryl methyl sites for hydroxylation is 2. The van der Waals surface area contributed by atoms with Gasteiger partial charge in [-0.15, -0.1) is 0 Å². The molecule has 98 valence electrons. The molecule has 1 rings (SSSR count). The zero-order valence-corrected chi connectivity index (χ0v) is 11.9. The van der Waals surface area contributed by atoms with E-state index >= 15 is 0 Å². The fourth-order valence-corrected chi connectivity index (χ4v) is 1.68. The van der Waals surface area contributed by atoms with Crippen molar-refractivity contribution in [3.05, 3.63) is 34.9 Å². The van der Waals surface area contributed by atoms with E-state index in [4.69, 9.17) is 18.0 Å². The first kappa shape index (κ1) is 14.6. The third-order valence-electron chi connectivity index (χ3n) is 2.95. The Hall–Kier alpha value is -1.42. The van der Waals surface area contributed by atoms with E-state index in [0.29, 0.717) is 18.0 Å². The van der Waals surface area contributed by atoms with Crippen molar-refractivity contribution in [2.75, 3.05) is 6.54 Å². The maximum Gasteiger partial charge on any atom is 0.224 e. The van der Waals surface area contributed by atoms with Gasteiger partial charge >= 0.3 is 0 Å². The van der Waals surface area contributed by atoms with Crippen LogP contribution in [0.4, 0.5) is 0 Å². The van der Waals surface area contributed by atoms with Gasteiger partial charge in [0.15, 0.2) is 0 Å². The van der Waals surface area contributed by atoms with Crippen LogP contribution in [-0.2, 0) is 11.2 Å². The molecule has 0 spiro atoms. The fraction of sp³-hybridized carbons (Fsp3) is 0.429. The van der Waals surface area contributed by atoms with Crippen molar-refractivity contribution in [2.45, 2.75) is 27.2 Å². The number of nitrogens with two attached hydrogens (primary N) is 1. The summed E-state index contributed by atoms with van der Waals surface area (Å²) in [5.41, 5.74) is 8.87. The number of rotatable bonds is 5. The topological polar surface area (TPSA) is 55.1 Å². The van der Waals surface area contributed by atoms with E-state index in [1.54, 1.807) is 0 Å². The summed E-state index contributed by atoms with van der Waals surface area (Å²) in [7, 11) is 0. The van der Waals surface area contributed by atoms with E-state index in [1.165, 1.54) is 5.56 Å². The zero-order chi connectivity index (χ0) is 13.7. The second-order valence-corrected chi connectivity index (χ2v) is 5.19. The minimum atomic E-state index is 0.00630. The zero-order valence-electron chi connectivity index (χ0n) is 11.1. The molecule has 0 saturated heterocycles. The summed E-state index contributed by atoms with van der Waals surface area (Å²) >= 11 is 4.86. The molecular weight excluding hydrogens is 244 g/mol. The summed E-state index contributed by atoms with van der Waals surface area (Å²) < 4.78 is 0. The molecule has 0 bridgehead atoms. The molecule has 0 heterocycles. The molecular formula is C14H20N2OS. The van der Waals surface area contributed by atoms with Crippen molar-refractivity contribution >= 4 is 23.1 Å². The van der Waals surface area contributed by atoms with Gasteiger partial charge in [0.1, 0.15) is 0 Å². The lowest BCUT2D eigenvalue weighted by Crippen LogP contribution is -2.34. The van der Waals surface area contributed by atoms with Crippen LogP contribution in [0.5, 0.6) is 0 Å². The summed E-state index contributed by atoms with van der Waals surface area (Å²) in [5, 5.41) is 2.85. The number of thiocarbonyl (C=S) groups is 1. The molecule has 1 atom stereocenters. The molecule has 1 aromatic rings. The Balaban J connectivity index is 2.54. The molecule has 0 radical (unpaired) electrons. The van der Waals surface area contributed by atoms with Crippen molar-refractivity contribution in [3.63, 3.8) is 0 Å². The fourth-order valence-electron chi connectivity index (χ4n) is 1.59. The number of hydrogen-bond acceptors (Lipinski definition) is 2. The second kappa shape index (κ2) is 6.50. The highest BCUT2D eigenvalue weighted by molar-refractivity contribution is 7.80. The van der Waals surface area contributed by atoms with Gasteiger partial charge in [-0.3, -0.25) is 4.79 Å².